The van der Waals surface area contributed by atoms with Crippen molar-refractivity contribution in [3.8, 4) is 0 Å². The van der Waals surface area contributed by atoms with Gasteiger partial charge in [0, 0.05) is 6.04 Å². The van der Waals surface area contributed by atoms with Crippen LogP contribution in [0.1, 0.15) is 52.4 Å². The molecule has 1 saturated heterocycles. The number of fused-ring (bicyclic) bond motifs is 1. The quantitative estimate of drug-likeness (QED) is 0.744. The summed E-state index contributed by atoms with van der Waals surface area (Å²) < 4.78 is 0. The Labute approximate surface area is 109 Å². The molecular weight excluding hydrogens is 228 g/mol. The molecule has 2 rings (SSSR count). The van der Waals surface area contributed by atoms with E-state index < -0.39 is 0 Å². The summed E-state index contributed by atoms with van der Waals surface area (Å²) in [6, 6.07) is -0.327. The highest BCUT2D eigenvalue weighted by Gasteiger charge is 2.37. The molecule has 2 unspecified atom stereocenters. The normalized spacial score (nSPS) is 33.8. The number of hydrogen-bond donors (Lipinski definition) is 2. The number of rotatable bonds is 1. The second kappa shape index (κ2) is 5.72. The SMILES string of the molecule is CC(C)[C@@H]1NC(=O)C2CCCCCCC2NC1=O. The van der Waals surface area contributed by atoms with Gasteiger partial charge in [0.2, 0.25) is 11.8 Å². The predicted octanol–water partition coefficient (Wildman–Crippen LogP) is 1.60. The minimum atomic E-state index is -0.370. The van der Waals surface area contributed by atoms with E-state index in [4.69, 9.17) is 0 Å². The Bertz CT molecular complexity index is 328. The van der Waals surface area contributed by atoms with Crippen LogP contribution >= 0.6 is 0 Å². The van der Waals surface area contributed by atoms with Gasteiger partial charge in [-0.1, -0.05) is 39.5 Å². The highest BCUT2D eigenvalue weighted by atomic mass is 16.2. The lowest BCUT2D eigenvalue weighted by molar-refractivity contribution is -0.129. The van der Waals surface area contributed by atoms with Crippen molar-refractivity contribution < 1.29 is 9.59 Å². The van der Waals surface area contributed by atoms with Crippen LogP contribution in [0.25, 0.3) is 0 Å². The van der Waals surface area contributed by atoms with Crippen LogP contribution in [0.5, 0.6) is 0 Å². The summed E-state index contributed by atoms with van der Waals surface area (Å²) in [6.45, 7) is 3.94. The summed E-state index contributed by atoms with van der Waals surface area (Å²) in [7, 11) is 0. The molecular formula is C14H24N2O2. The van der Waals surface area contributed by atoms with Crippen LogP contribution in [-0.4, -0.2) is 23.9 Å². The van der Waals surface area contributed by atoms with E-state index in [9.17, 15) is 9.59 Å². The van der Waals surface area contributed by atoms with Crippen molar-refractivity contribution in [1.29, 1.82) is 0 Å². The number of nitrogens with one attached hydrogen (secondary N) is 2. The molecule has 18 heavy (non-hydrogen) atoms. The molecule has 3 atom stereocenters. The molecule has 1 heterocycles. The van der Waals surface area contributed by atoms with Crippen molar-refractivity contribution >= 4 is 11.8 Å². The standard InChI is InChI=1S/C14H24N2O2/c1-9(2)12-14(18)15-11-8-6-4-3-5-7-10(11)13(17)16-12/h9-12H,3-8H2,1-2H3,(H,15,18)(H,16,17)/t10?,11?,12-/m0/s1. The zero-order valence-electron chi connectivity index (χ0n) is 11.4. The fourth-order valence-electron chi connectivity index (χ4n) is 3.04. The molecule has 2 fully saturated rings. The van der Waals surface area contributed by atoms with Gasteiger partial charge in [-0.05, 0) is 18.8 Å². The van der Waals surface area contributed by atoms with Crippen molar-refractivity contribution in [2.45, 2.75) is 64.5 Å². The Kier molecular flexibility index (Phi) is 4.25. The Balaban J connectivity index is 2.16. The molecule has 2 N–H and O–H groups in total. The summed E-state index contributed by atoms with van der Waals surface area (Å²) in [5, 5.41) is 6.01. The predicted molar refractivity (Wildman–Crippen MR) is 69.9 cm³/mol. The number of carbonyl (C=O) groups excluding carboxylic acids is 2. The van der Waals surface area contributed by atoms with E-state index in [0.29, 0.717) is 0 Å². The number of amides is 2. The average Bonchev–Trinajstić information content (AvgIpc) is 2.38. The minimum absolute atomic E-state index is 0.00794. The van der Waals surface area contributed by atoms with Gasteiger partial charge in [0.25, 0.3) is 0 Å². The Morgan fingerprint density at radius 1 is 0.944 bits per heavy atom. The second-order valence-corrected chi connectivity index (χ2v) is 5.94. The van der Waals surface area contributed by atoms with Crippen LogP contribution < -0.4 is 10.6 Å². The summed E-state index contributed by atoms with van der Waals surface area (Å²) in [6.07, 6.45) is 6.47. The van der Waals surface area contributed by atoms with Crippen LogP contribution in [0, 0.1) is 11.8 Å². The van der Waals surface area contributed by atoms with Gasteiger partial charge in [0.05, 0.1) is 5.92 Å². The van der Waals surface area contributed by atoms with E-state index >= 15 is 0 Å². The van der Waals surface area contributed by atoms with Gasteiger partial charge in [-0.2, -0.15) is 0 Å². The molecule has 0 aromatic heterocycles. The van der Waals surface area contributed by atoms with Gasteiger partial charge in [0.1, 0.15) is 6.04 Å². The molecule has 1 aliphatic carbocycles. The third-order valence-corrected chi connectivity index (χ3v) is 4.18. The van der Waals surface area contributed by atoms with Crippen LogP contribution in [0.2, 0.25) is 0 Å². The monoisotopic (exact) mass is 252 g/mol. The summed E-state index contributed by atoms with van der Waals surface area (Å²) in [4.78, 5) is 24.4. The van der Waals surface area contributed by atoms with Crippen LogP contribution in [0.3, 0.4) is 0 Å². The van der Waals surface area contributed by atoms with E-state index in [2.05, 4.69) is 10.6 Å². The lowest BCUT2D eigenvalue weighted by Gasteiger charge is -2.26. The smallest absolute Gasteiger partial charge is 0.243 e. The Morgan fingerprint density at radius 2 is 1.61 bits per heavy atom. The molecule has 102 valence electrons. The first-order valence-corrected chi connectivity index (χ1v) is 7.20. The fraction of sp³-hybridized carbons (Fsp3) is 0.857. The summed E-state index contributed by atoms with van der Waals surface area (Å²) >= 11 is 0. The molecule has 0 spiro atoms. The van der Waals surface area contributed by atoms with Gasteiger partial charge < -0.3 is 10.6 Å². The van der Waals surface area contributed by atoms with Gasteiger partial charge in [-0.3, -0.25) is 9.59 Å². The molecule has 2 amide bonds. The van der Waals surface area contributed by atoms with Crippen LogP contribution in [-0.2, 0) is 9.59 Å². The molecule has 1 saturated carbocycles. The largest absolute Gasteiger partial charge is 0.351 e. The average molecular weight is 252 g/mol. The maximum atomic E-state index is 12.3. The number of carbonyl (C=O) groups is 2. The third kappa shape index (κ3) is 2.85. The molecule has 0 bridgehead atoms. The van der Waals surface area contributed by atoms with Gasteiger partial charge in [-0.25, -0.2) is 0 Å². The lowest BCUT2D eigenvalue weighted by Crippen LogP contribution is -2.47. The van der Waals surface area contributed by atoms with Crippen molar-refractivity contribution in [3.05, 3.63) is 0 Å². The second-order valence-electron chi connectivity index (χ2n) is 5.94. The van der Waals surface area contributed by atoms with Gasteiger partial charge in [-0.15, -0.1) is 0 Å². The van der Waals surface area contributed by atoms with E-state index in [1.54, 1.807) is 0 Å². The fourth-order valence-corrected chi connectivity index (χ4v) is 3.04. The highest BCUT2D eigenvalue weighted by molar-refractivity contribution is 5.91. The van der Waals surface area contributed by atoms with Crippen LogP contribution in [0.4, 0.5) is 0 Å². The molecule has 4 nitrogen and oxygen atoms in total. The van der Waals surface area contributed by atoms with Crippen LogP contribution in [0.15, 0.2) is 0 Å². The Morgan fingerprint density at radius 3 is 2.28 bits per heavy atom. The lowest BCUT2D eigenvalue weighted by atomic mass is 9.86. The molecule has 1 aliphatic heterocycles. The minimum Gasteiger partial charge on any atom is -0.351 e. The molecule has 0 aromatic carbocycles. The van der Waals surface area contributed by atoms with Crippen molar-refractivity contribution in [1.82, 2.24) is 10.6 Å². The van der Waals surface area contributed by atoms with Crippen molar-refractivity contribution in [2.24, 2.45) is 11.8 Å². The first-order valence-electron chi connectivity index (χ1n) is 7.20. The highest BCUT2D eigenvalue weighted by Crippen LogP contribution is 2.25. The maximum Gasteiger partial charge on any atom is 0.243 e. The van der Waals surface area contributed by atoms with E-state index in [-0.39, 0.29) is 35.7 Å². The molecule has 0 radical (unpaired) electrons. The summed E-state index contributed by atoms with van der Waals surface area (Å²) in [5.41, 5.74) is 0. The topological polar surface area (TPSA) is 58.2 Å². The Hall–Kier alpha value is -1.06. The third-order valence-electron chi connectivity index (χ3n) is 4.18. The van der Waals surface area contributed by atoms with Gasteiger partial charge >= 0.3 is 0 Å². The van der Waals surface area contributed by atoms with E-state index in [1.807, 2.05) is 13.8 Å². The zero-order chi connectivity index (χ0) is 13.1. The van der Waals surface area contributed by atoms with E-state index in [1.165, 1.54) is 12.8 Å². The maximum absolute atomic E-state index is 12.3. The first-order chi connectivity index (χ1) is 8.59. The zero-order valence-corrected chi connectivity index (χ0v) is 11.4. The first kappa shape index (κ1) is 13.4. The molecule has 0 aromatic rings. The molecule has 2 aliphatic rings. The van der Waals surface area contributed by atoms with E-state index in [0.717, 1.165) is 25.7 Å². The molecule has 4 heteroatoms. The summed E-state index contributed by atoms with van der Waals surface area (Å²) in [5.74, 6) is 0.168. The van der Waals surface area contributed by atoms with Gasteiger partial charge in [0.15, 0.2) is 0 Å². The van der Waals surface area contributed by atoms with Crippen molar-refractivity contribution in [3.63, 3.8) is 0 Å². The number of hydrogen-bond acceptors (Lipinski definition) is 2. The van der Waals surface area contributed by atoms with Crippen molar-refractivity contribution in [2.75, 3.05) is 0 Å².